The highest BCUT2D eigenvalue weighted by Crippen LogP contribution is 2.41. The van der Waals surface area contributed by atoms with Crippen LogP contribution in [0, 0.1) is 34.9 Å². The zero-order chi connectivity index (χ0) is 22.7. The first-order valence-corrected chi connectivity index (χ1v) is 10.7. The van der Waals surface area contributed by atoms with Crippen LogP contribution in [0.25, 0.3) is 10.9 Å². The summed E-state index contributed by atoms with van der Waals surface area (Å²) in [5.74, 6) is 0.715. The molecule has 0 radical (unpaired) electrons. The summed E-state index contributed by atoms with van der Waals surface area (Å²) in [4.78, 5) is 25.3. The summed E-state index contributed by atoms with van der Waals surface area (Å²) in [6.45, 7) is 4.13. The molecule has 1 fully saturated rings. The lowest BCUT2D eigenvalue weighted by Gasteiger charge is -2.24. The molecule has 1 aromatic carbocycles. The number of nitriles is 1. The number of pyridine rings is 1. The molecule has 2 aromatic heterocycles. The van der Waals surface area contributed by atoms with E-state index >= 15 is 0 Å². The molecule has 8 heteroatoms. The minimum atomic E-state index is -0.332. The second-order valence-corrected chi connectivity index (χ2v) is 8.23. The average Bonchev–Trinajstić information content (AvgIpc) is 3.15. The molecule has 4 atom stereocenters. The first-order chi connectivity index (χ1) is 15.5. The summed E-state index contributed by atoms with van der Waals surface area (Å²) < 4.78 is 20.0. The highest BCUT2D eigenvalue weighted by molar-refractivity contribution is 5.91. The molecule has 1 amide bonds. The molecule has 4 unspecified atom stereocenters. The Morgan fingerprint density at radius 2 is 2.12 bits per heavy atom. The summed E-state index contributed by atoms with van der Waals surface area (Å²) in [6, 6.07) is 8.13. The molecular weight excluding hydrogens is 409 g/mol. The SMILES string of the molecule is CCC(C(=O)Nc1cnc(C#N)cn1)C1CC(Oc2ccnc3ccc(F)cc23)CC1C. The van der Waals surface area contributed by atoms with Gasteiger partial charge >= 0.3 is 0 Å². The van der Waals surface area contributed by atoms with Crippen LogP contribution in [0.5, 0.6) is 5.75 Å². The lowest BCUT2D eigenvalue weighted by atomic mass is 9.82. The molecule has 7 nitrogen and oxygen atoms in total. The van der Waals surface area contributed by atoms with Crippen LogP contribution in [0.4, 0.5) is 10.2 Å². The molecule has 0 bridgehead atoms. The molecule has 0 saturated heterocycles. The van der Waals surface area contributed by atoms with Gasteiger partial charge in [0.2, 0.25) is 5.91 Å². The molecule has 3 aromatic rings. The van der Waals surface area contributed by atoms with Gasteiger partial charge in [-0.05, 0) is 55.4 Å². The van der Waals surface area contributed by atoms with Crippen molar-refractivity contribution in [1.82, 2.24) is 15.0 Å². The fraction of sp³-hybridized carbons (Fsp3) is 0.375. The second kappa shape index (κ2) is 9.27. The van der Waals surface area contributed by atoms with E-state index in [4.69, 9.17) is 10.00 Å². The number of hydrogen-bond acceptors (Lipinski definition) is 6. The monoisotopic (exact) mass is 433 g/mol. The van der Waals surface area contributed by atoms with Crippen molar-refractivity contribution in [2.24, 2.45) is 17.8 Å². The topological polar surface area (TPSA) is 101 Å². The van der Waals surface area contributed by atoms with Gasteiger partial charge in [-0.25, -0.2) is 14.4 Å². The molecule has 0 aliphatic heterocycles. The Kier molecular flexibility index (Phi) is 6.26. The van der Waals surface area contributed by atoms with Gasteiger partial charge < -0.3 is 10.1 Å². The number of anilines is 1. The van der Waals surface area contributed by atoms with Crippen LogP contribution < -0.4 is 10.1 Å². The fourth-order valence-electron chi connectivity index (χ4n) is 4.61. The molecule has 4 rings (SSSR count). The van der Waals surface area contributed by atoms with Crippen LogP contribution in [0.1, 0.15) is 38.8 Å². The number of hydrogen-bond donors (Lipinski definition) is 1. The number of halogens is 1. The third-order valence-electron chi connectivity index (χ3n) is 6.17. The standard InChI is InChI=1S/C24H24FN5O2/c1-3-18(24(31)30-23-13-28-16(11-26)12-29-23)19-10-17(8-14(19)2)32-22-6-7-27-21-5-4-15(25)9-20(21)22/h4-7,9,12-14,17-19H,3,8,10H2,1-2H3,(H,29,30,31). The zero-order valence-electron chi connectivity index (χ0n) is 18.0. The van der Waals surface area contributed by atoms with Crippen molar-refractivity contribution >= 4 is 22.6 Å². The summed E-state index contributed by atoms with van der Waals surface area (Å²) in [5, 5.41) is 12.3. The Morgan fingerprint density at radius 3 is 2.84 bits per heavy atom. The summed E-state index contributed by atoms with van der Waals surface area (Å²) in [5.41, 5.74) is 0.879. The van der Waals surface area contributed by atoms with Crippen LogP contribution >= 0.6 is 0 Å². The van der Waals surface area contributed by atoms with Crippen LogP contribution in [-0.2, 0) is 4.79 Å². The van der Waals surface area contributed by atoms with Crippen LogP contribution in [0.3, 0.4) is 0 Å². The van der Waals surface area contributed by atoms with Gasteiger partial charge in [-0.1, -0.05) is 13.8 Å². The number of carbonyl (C=O) groups excluding carboxylic acids is 1. The van der Waals surface area contributed by atoms with Crippen LogP contribution in [-0.4, -0.2) is 27.0 Å². The Balaban J connectivity index is 1.46. The number of nitrogens with zero attached hydrogens (tertiary/aromatic N) is 4. The van der Waals surface area contributed by atoms with Crippen LogP contribution in [0.15, 0.2) is 42.9 Å². The van der Waals surface area contributed by atoms with E-state index in [9.17, 15) is 9.18 Å². The molecule has 2 heterocycles. The summed E-state index contributed by atoms with van der Waals surface area (Å²) in [7, 11) is 0. The minimum absolute atomic E-state index is 0.0691. The van der Waals surface area contributed by atoms with E-state index in [1.807, 2.05) is 13.0 Å². The Labute approximate surface area is 185 Å². The molecule has 1 saturated carbocycles. The van der Waals surface area contributed by atoms with Crippen molar-refractivity contribution in [2.45, 2.75) is 39.2 Å². The van der Waals surface area contributed by atoms with Crippen LogP contribution in [0.2, 0.25) is 0 Å². The summed E-state index contributed by atoms with van der Waals surface area (Å²) in [6.07, 6.45) is 6.53. The second-order valence-electron chi connectivity index (χ2n) is 8.23. The van der Waals surface area contributed by atoms with Crippen molar-refractivity contribution in [3.63, 3.8) is 0 Å². The quantitative estimate of drug-likeness (QED) is 0.614. The lowest BCUT2D eigenvalue weighted by molar-refractivity contribution is -0.122. The van der Waals surface area contributed by atoms with Gasteiger partial charge in [0, 0.05) is 17.5 Å². The van der Waals surface area contributed by atoms with Crippen molar-refractivity contribution in [2.75, 3.05) is 5.32 Å². The van der Waals surface area contributed by atoms with Crippen molar-refractivity contribution in [1.29, 1.82) is 5.26 Å². The van der Waals surface area contributed by atoms with E-state index < -0.39 is 0 Å². The predicted molar refractivity (Wildman–Crippen MR) is 117 cm³/mol. The maximum absolute atomic E-state index is 13.8. The van der Waals surface area contributed by atoms with E-state index in [0.29, 0.717) is 28.9 Å². The van der Waals surface area contributed by atoms with Gasteiger partial charge in [-0.15, -0.1) is 0 Å². The third kappa shape index (κ3) is 4.52. The van der Waals surface area contributed by atoms with E-state index in [1.54, 1.807) is 18.3 Å². The minimum Gasteiger partial charge on any atom is -0.490 e. The van der Waals surface area contributed by atoms with Crippen molar-refractivity contribution in [3.8, 4) is 11.8 Å². The molecule has 1 aliphatic rings. The first-order valence-electron chi connectivity index (χ1n) is 10.7. The highest BCUT2D eigenvalue weighted by Gasteiger charge is 2.40. The van der Waals surface area contributed by atoms with E-state index in [1.165, 1.54) is 24.5 Å². The number of benzene rings is 1. The third-order valence-corrected chi connectivity index (χ3v) is 6.17. The average molecular weight is 433 g/mol. The number of nitrogens with one attached hydrogen (secondary N) is 1. The van der Waals surface area contributed by atoms with E-state index in [-0.39, 0.29) is 41.3 Å². The number of fused-ring (bicyclic) bond motifs is 1. The van der Waals surface area contributed by atoms with Crippen molar-refractivity contribution < 1.29 is 13.9 Å². The fourth-order valence-corrected chi connectivity index (χ4v) is 4.61. The van der Waals surface area contributed by atoms with E-state index in [0.717, 1.165) is 12.8 Å². The number of aromatic nitrogens is 3. The lowest BCUT2D eigenvalue weighted by Crippen LogP contribution is -2.31. The van der Waals surface area contributed by atoms with Gasteiger partial charge in [0.1, 0.15) is 17.6 Å². The van der Waals surface area contributed by atoms with E-state index in [2.05, 4.69) is 27.2 Å². The highest BCUT2D eigenvalue weighted by atomic mass is 19.1. The van der Waals surface area contributed by atoms with Gasteiger partial charge in [-0.3, -0.25) is 9.78 Å². The number of rotatable bonds is 6. The van der Waals surface area contributed by atoms with Gasteiger partial charge in [0.25, 0.3) is 0 Å². The molecule has 1 aliphatic carbocycles. The Hall–Kier alpha value is -3.60. The maximum Gasteiger partial charge on any atom is 0.228 e. The van der Waals surface area contributed by atoms with Gasteiger partial charge in [-0.2, -0.15) is 5.26 Å². The van der Waals surface area contributed by atoms with Gasteiger partial charge in [0.05, 0.1) is 24.0 Å². The molecular formula is C24H24FN5O2. The number of ether oxygens (including phenoxy) is 1. The number of carbonyl (C=O) groups is 1. The molecule has 32 heavy (non-hydrogen) atoms. The normalized spacial score (nSPS) is 21.1. The first kappa shape index (κ1) is 21.6. The molecule has 0 spiro atoms. The maximum atomic E-state index is 13.8. The Bertz CT molecular complexity index is 1160. The Morgan fingerprint density at radius 1 is 1.28 bits per heavy atom. The number of amides is 1. The predicted octanol–water partition coefficient (Wildman–Crippen LogP) is 4.49. The van der Waals surface area contributed by atoms with Crippen molar-refractivity contribution in [3.05, 3.63) is 54.4 Å². The summed E-state index contributed by atoms with van der Waals surface area (Å²) >= 11 is 0. The zero-order valence-corrected chi connectivity index (χ0v) is 18.0. The van der Waals surface area contributed by atoms with Gasteiger partial charge in [0.15, 0.2) is 11.5 Å². The molecule has 164 valence electrons. The largest absolute Gasteiger partial charge is 0.490 e. The smallest absolute Gasteiger partial charge is 0.228 e. The molecule has 1 N–H and O–H groups in total.